The number of fused-ring (bicyclic) bond motifs is 1. The predicted octanol–water partition coefficient (Wildman–Crippen LogP) is 0.548. The molecule has 4 heterocycles. The fraction of sp³-hybridized carbons (Fsp3) is 0.357. The number of hydrogen-bond donors (Lipinski definition) is 0. The van der Waals surface area contributed by atoms with Crippen molar-refractivity contribution >= 4 is 17.3 Å². The summed E-state index contributed by atoms with van der Waals surface area (Å²) in [4.78, 5) is 13.0. The van der Waals surface area contributed by atoms with Crippen LogP contribution in [0, 0.1) is 6.92 Å². The molecule has 22 heavy (non-hydrogen) atoms. The second-order valence-electron chi connectivity index (χ2n) is 5.46. The van der Waals surface area contributed by atoms with E-state index >= 15 is 0 Å². The number of likely N-dealkylation sites (N-methyl/N-ethyl adjacent to an activating group) is 1. The van der Waals surface area contributed by atoms with Crippen molar-refractivity contribution in [3.05, 3.63) is 36.5 Å². The van der Waals surface area contributed by atoms with Gasteiger partial charge < -0.3 is 9.80 Å². The van der Waals surface area contributed by atoms with Crippen LogP contribution in [0.25, 0.3) is 5.65 Å². The van der Waals surface area contributed by atoms with E-state index in [9.17, 15) is 0 Å². The van der Waals surface area contributed by atoms with Crippen molar-refractivity contribution in [2.24, 2.45) is 0 Å². The van der Waals surface area contributed by atoms with Gasteiger partial charge in [-0.25, -0.2) is 9.97 Å². The van der Waals surface area contributed by atoms with Crippen LogP contribution in [-0.2, 0) is 0 Å². The largest absolute Gasteiger partial charge is 0.353 e. The zero-order valence-corrected chi connectivity index (χ0v) is 12.5. The van der Waals surface area contributed by atoms with Crippen molar-refractivity contribution in [3.63, 3.8) is 0 Å². The van der Waals surface area contributed by atoms with Crippen molar-refractivity contribution in [2.75, 3.05) is 29.9 Å². The topological polar surface area (TPSA) is 75.3 Å². The summed E-state index contributed by atoms with van der Waals surface area (Å²) in [5.41, 5.74) is 0.759. The Balaban J connectivity index is 1.47. The van der Waals surface area contributed by atoms with E-state index in [1.165, 1.54) is 0 Å². The molecule has 4 rings (SSSR count). The molecule has 8 nitrogen and oxygen atoms in total. The summed E-state index contributed by atoms with van der Waals surface area (Å²) >= 11 is 0. The molecule has 0 amide bonds. The number of aromatic nitrogens is 6. The van der Waals surface area contributed by atoms with Crippen molar-refractivity contribution in [1.82, 2.24) is 29.8 Å². The van der Waals surface area contributed by atoms with Crippen molar-refractivity contribution in [1.29, 1.82) is 0 Å². The normalized spacial score (nSPS) is 15.1. The average Bonchev–Trinajstić information content (AvgIpc) is 2.93. The fourth-order valence-corrected chi connectivity index (χ4v) is 2.60. The minimum Gasteiger partial charge on any atom is -0.353 e. The Morgan fingerprint density at radius 2 is 2.09 bits per heavy atom. The molecule has 0 spiro atoms. The van der Waals surface area contributed by atoms with E-state index in [0.29, 0.717) is 6.04 Å². The van der Waals surface area contributed by atoms with Gasteiger partial charge in [-0.2, -0.15) is 4.52 Å². The average molecular weight is 296 g/mol. The number of rotatable bonds is 3. The van der Waals surface area contributed by atoms with Gasteiger partial charge in [0.05, 0.1) is 6.04 Å². The van der Waals surface area contributed by atoms with Gasteiger partial charge in [-0.3, -0.25) is 0 Å². The molecule has 112 valence electrons. The first-order valence-corrected chi connectivity index (χ1v) is 7.15. The first kappa shape index (κ1) is 12.9. The summed E-state index contributed by atoms with van der Waals surface area (Å²) in [6, 6.07) is 6.28. The van der Waals surface area contributed by atoms with Crippen LogP contribution in [0.5, 0.6) is 0 Å². The van der Waals surface area contributed by atoms with Gasteiger partial charge in [-0.05, 0) is 25.1 Å². The summed E-state index contributed by atoms with van der Waals surface area (Å²) in [6.45, 7) is 3.74. The molecule has 0 aromatic carbocycles. The lowest BCUT2D eigenvalue weighted by Gasteiger charge is -2.44. The molecule has 1 fully saturated rings. The van der Waals surface area contributed by atoms with E-state index < -0.39 is 0 Å². The molecule has 3 aromatic heterocycles. The number of nitrogens with zero attached hydrogens (tertiary/aromatic N) is 8. The number of hydrogen-bond acceptors (Lipinski definition) is 7. The van der Waals surface area contributed by atoms with Crippen LogP contribution < -0.4 is 9.80 Å². The van der Waals surface area contributed by atoms with Gasteiger partial charge in [-0.15, -0.1) is 15.3 Å². The molecule has 0 unspecified atom stereocenters. The Bertz CT molecular complexity index is 807. The highest BCUT2D eigenvalue weighted by Gasteiger charge is 2.31. The molecule has 0 atom stereocenters. The number of aryl methyl sites for hydroxylation is 1. The van der Waals surface area contributed by atoms with E-state index in [0.717, 1.165) is 36.2 Å². The Labute approximate surface area is 127 Å². The SMILES string of the molecule is Cc1nccc(N(C)C2CN(c3ccc4nncn4n3)C2)n1. The molecule has 0 aliphatic carbocycles. The minimum absolute atomic E-state index is 0.424. The Kier molecular flexibility index (Phi) is 2.88. The molecule has 0 bridgehead atoms. The summed E-state index contributed by atoms with van der Waals surface area (Å²) in [6.07, 6.45) is 3.41. The van der Waals surface area contributed by atoms with Crippen LogP contribution in [0.4, 0.5) is 11.6 Å². The van der Waals surface area contributed by atoms with Gasteiger partial charge >= 0.3 is 0 Å². The zero-order chi connectivity index (χ0) is 15.1. The molecule has 0 radical (unpaired) electrons. The molecular weight excluding hydrogens is 280 g/mol. The van der Waals surface area contributed by atoms with Gasteiger partial charge in [0.25, 0.3) is 0 Å². The predicted molar refractivity (Wildman–Crippen MR) is 82.0 cm³/mol. The Hall–Kier alpha value is -2.77. The molecule has 0 saturated carbocycles. The first-order chi connectivity index (χ1) is 10.7. The summed E-state index contributed by atoms with van der Waals surface area (Å²) in [5.74, 6) is 2.69. The highest BCUT2D eigenvalue weighted by molar-refractivity contribution is 5.50. The van der Waals surface area contributed by atoms with Crippen molar-refractivity contribution < 1.29 is 0 Å². The van der Waals surface area contributed by atoms with Crippen LogP contribution in [0.2, 0.25) is 0 Å². The van der Waals surface area contributed by atoms with Gasteiger partial charge in [0.1, 0.15) is 23.8 Å². The molecule has 1 saturated heterocycles. The Morgan fingerprint density at radius 1 is 1.23 bits per heavy atom. The van der Waals surface area contributed by atoms with E-state index in [-0.39, 0.29) is 0 Å². The second kappa shape index (κ2) is 4.90. The standard InChI is InChI=1S/C14H16N8/c1-10-15-6-5-12(17-10)20(2)11-7-21(8-11)14-4-3-13-18-16-9-22(13)19-14/h3-6,9,11H,7-8H2,1-2H3. The third kappa shape index (κ3) is 2.12. The first-order valence-electron chi connectivity index (χ1n) is 7.15. The van der Waals surface area contributed by atoms with Gasteiger partial charge in [-0.1, -0.05) is 0 Å². The van der Waals surface area contributed by atoms with Gasteiger partial charge in [0.2, 0.25) is 0 Å². The molecule has 1 aliphatic heterocycles. The van der Waals surface area contributed by atoms with E-state index in [2.05, 4.69) is 42.1 Å². The van der Waals surface area contributed by atoms with E-state index in [4.69, 9.17) is 0 Å². The maximum atomic E-state index is 4.51. The fourth-order valence-electron chi connectivity index (χ4n) is 2.60. The van der Waals surface area contributed by atoms with Crippen molar-refractivity contribution in [3.8, 4) is 0 Å². The second-order valence-corrected chi connectivity index (χ2v) is 5.46. The van der Waals surface area contributed by atoms with Crippen molar-refractivity contribution in [2.45, 2.75) is 13.0 Å². The monoisotopic (exact) mass is 296 g/mol. The quantitative estimate of drug-likeness (QED) is 0.698. The third-order valence-electron chi connectivity index (χ3n) is 4.00. The van der Waals surface area contributed by atoms with E-state index in [1.54, 1.807) is 17.0 Å². The molecule has 0 N–H and O–H groups in total. The molecule has 8 heteroatoms. The van der Waals surface area contributed by atoms with Crippen LogP contribution in [0.1, 0.15) is 5.82 Å². The zero-order valence-electron chi connectivity index (χ0n) is 12.5. The summed E-state index contributed by atoms with van der Waals surface area (Å²) < 4.78 is 1.69. The third-order valence-corrected chi connectivity index (χ3v) is 4.00. The van der Waals surface area contributed by atoms with Crippen LogP contribution in [0.3, 0.4) is 0 Å². The summed E-state index contributed by atoms with van der Waals surface area (Å²) in [5, 5.41) is 12.3. The maximum absolute atomic E-state index is 4.51. The highest BCUT2D eigenvalue weighted by Crippen LogP contribution is 2.23. The van der Waals surface area contributed by atoms with Gasteiger partial charge in [0.15, 0.2) is 5.65 Å². The maximum Gasteiger partial charge on any atom is 0.177 e. The van der Waals surface area contributed by atoms with E-state index in [1.807, 2.05) is 25.1 Å². The van der Waals surface area contributed by atoms with Crippen LogP contribution >= 0.6 is 0 Å². The lowest BCUT2D eigenvalue weighted by Crippen LogP contribution is -2.59. The van der Waals surface area contributed by atoms with Gasteiger partial charge in [0, 0.05) is 26.3 Å². The molecule has 1 aliphatic rings. The Morgan fingerprint density at radius 3 is 2.91 bits per heavy atom. The lowest BCUT2D eigenvalue weighted by atomic mass is 10.1. The highest BCUT2D eigenvalue weighted by atomic mass is 15.4. The number of anilines is 2. The van der Waals surface area contributed by atoms with Crippen LogP contribution in [-0.4, -0.2) is 56.0 Å². The lowest BCUT2D eigenvalue weighted by molar-refractivity contribution is 0.486. The minimum atomic E-state index is 0.424. The molecular formula is C14H16N8. The van der Waals surface area contributed by atoms with Crippen LogP contribution in [0.15, 0.2) is 30.7 Å². The summed E-state index contributed by atoms with van der Waals surface area (Å²) in [7, 11) is 2.07. The smallest absolute Gasteiger partial charge is 0.177 e. The molecule has 3 aromatic rings.